The van der Waals surface area contributed by atoms with Gasteiger partial charge in [-0.15, -0.1) is 0 Å². The number of carbonyl (C=O) groups excluding carboxylic acids is 6. The number of rotatable bonds is 28. The van der Waals surface area contributed by atoms with Crippen LogP contribution in [0.15, 0.2) is 146 Å². The Morgan fingerprint density at radius 3 is 1.51 bits per heavy atom. The van der Waals surface area contributed by atoms with Gasteiger partial charge in [0, 0.05) is 0 Å². The van der Waals surface area contributed by atoms with E-state index in [9.17, 15) is 48.1 Å². The Bertz CT molecular complexity index is 2880. The number of aromatic nitrogens is 4. The standard InChI is InChI=1S/C38H43BN6O9.C15H16BN3O5/c1-2-12-30(43-35(48)31(41-24-39-52)19-29-21-45(25-42-29)38(51)54-23-27-15-8-4-9-16-27)34(47)36(49)40-20-32(46)44-33(28-17-10-5-11-18-28)37(50)53-22-26-13-6-3-7-14-26;20-14(21)13(17-9-16-23)6-12-7-19(10-18-12)15(22)24-8-11-4-2-1-3-5-11/h3-11,13-18,21,25,30-31,33-34,41,47H,2,12,19-20,22-24H2,1H3,(H,40,49)(H,43,48)(H,44,46);1-5,7,10,13,17H,6,8-9H2,(H,20,21)/t30?,31?,33-,34?;/m0./s1. The number of carbonyl (C=O) groups is 7. The van der Waals surface area contributed by atoms with Gasteiger partial charge in [-0.25, -0.2) is 4.79 Å². The first-order valence-corrected chi connectivity index (χ1v) is 24.6. The summed E-state index contributed by atoms with van der Waals surface area (Å²) in [4.78, 5) is 96.3. The molecular weight excluding hydrogens is 1010 g/mol. The van der Waals surface area contributed by atoms with E-state index in [0.29, 0.717) is 37.7 Å². The number of hydrogen-bond acceptors (Lipinski definition) is 17. The molecule has 0 spiro atoms. The minimum absolute atomic E-state index is 0.00898. The van der Waals surface area contributed by atoms with Gasteiger partial charge in [0.15, 0.2) is 6.04 Å². The van der Waals surface area contributed by atoms with Crippen molar-refractivity contribution in [3.8, 4) is 0 Å². The second-order valence-electron chi connectivity index (χ2n) is 17.2. The molecule has 78 heavy (non-hydrogen) atoms. The summed E-state index contributed by atoms with van der Waals surface area (Å²) >= 11 is 0. The summed E-state index contributed by atoms with van der Waals surface area (Å²) < 4.78 is 39.7. The van der Waals surface area contributed by atoms with Crippen LogP contribution in [0.3, 0.4) is 0 Å². The maximum atomic E-state index is 13.4. The van der Waals surface area contributed by atoms with Gasteiger partial charge in [-0.2, -0.15) is 0 Å². The summed E-state index contributed by atoms with van der Waals surface area (Å²) in [7, 11) is 1.15. The minimum atomic E-state index is -1.76. The van der Waals surface area contributed by atoms with E-state index in [1.165, 1.54) is 25.0 Å². The number of carboxylic acids is 1. The van der Waals surface area contributed by atoms with Crippen LogP contribution in [-0.4, -0.2) is 129 Å². The molecule has 25 heteroatoms. The number of aliphatic hydroxyl groups is 1. The van der Waals surface area contributed by atoms with Gasteiger partial charge in [-0.05, 0) is 11.1 Å². The van der Waals surface area contributed by atoms with Crippen LogP contribution in [-0.2, 0) is 80.3 Å². The normalized spacial score (nSPS) is 12.5. The van der Waals surface area contributed by atoms with Gasteiger partial charge in [-0.3, -0.25) is 0 Å². The molecule has 0 aliphatic rings. The molecule has 3 amide bonds. The van der Waals surface area contributed by atoms with Crippen LogP contribution in [0.4, 0.5) is 9.59 Å². The summed E-state index contributed by atoms with van der Waals surface area (Å²) in [6.07, 6.45) is 2.69. The average Bonchev–Trinajstić information content (AvgIpc) is 4.16. The van der Waals surface area contributed by atoms with Crippen molar-refractivity contribution < 1.29 is 67.4 Å². The fourth-order valence-electron chi connectivity index (χ4n) is 7.33. The van der Waals surface area contributed by atoms with E-state index in [0.717, 1.165) is 25.8 Å². The second-order valence-corrected chi connectivity index (χ2v) is 17.2. The van der Waals surface area contributed by atoms with Gasteiger partial charge in [0.25, 0.3) is 0 Å². The number of aliphatic hydroxyl groups excluding tert-OH is 1. The van der Waals surface area contributed by atoms with E-state index in [1.807, 2.05) is 78.9 Å². The summed E-state index contributed by atoms with van der Waals surface area (Å²) in [5.74, 6) is -4.10. The molecule has 5 atom stereocenters. The molecule has 406 valence electrons. The van der Waals surface area contributed by atoms with Crippen molar-refractivity contribution in [3.05, 3.63) is 180 Å². The molecule has 0 fully saturated rings. The first-order valence-electron chi connectivity index (χ1n) is 24.6. The molecule has 0 aliphatic carbocycles. The second kappa shape index (κ2) is 32.6. The van der Waals surface area contributed by atoms with E-state index in [2.05, 4.69) is 36.6 Å². The van der Waals surface area contributed by atoms with E-state index in [4.69, 9.17) is 19.3 Å². The Balaban J connectivity index is 0.000000388. The Morgan fingerprint density at radius 1 is 0.603 bits per heavy atom. The van der Waals surface area contributed by atoms with Crippen LogP contribution in [0, 0.1) is 0 Å². The number of benzene rings is 4. The molecular formula is C53H59B2N9O14. The summed E-state index contributed by atoms with van der Waals surface area (Å²) in [5.41, 5.74) is 3.62. The van der Waals surface area contributed by atoms with Crippen LogP contribution in [0.5, 0.6) is 0 Å². The first-order chi connectivity index (χ1) is 37.8. The van der Waals surface area contributed by atoms with Gasteiger partial charge in [-0.1, -0.05) is 97.1 Å². The van der Waals surface area contributed by atoms with E-state index >= 15 is 0 Å². The topological polar surface area (TPSA) is 318 Å². The fourth-order valence-corrected chi connectivity index (χ4v) is 7.33. The summed E-state index contributed by atoms with van der Waals surface area (Å²) in [6, 6.07) is 31.6. The van der Waals surface area contributed by atoms with E-state index < -0.39 is 78.7 Å². The molecule has 0 saturated heterocycles. The number of aliphatic carboxylic acids is 1. The molecule has 23 nitrogen and oxygen atoms in total. The zero-order valence-corrected chi connectivity index (χ0v) is 42.6. The molecule has 2 aromatic heterocycles. The number of nitrogens with one attached hydrogen (secondary N) is 5. The number of imidazole rings is 2. The monoisotopic (exact) mass is 1070 g/mol. The van der Waals surface area contributed by atoms with Gasteiger partial charge in [0.2, 0.25) is 0 Å². The van der Waals surface area contributed by atoms with Crippen LogP contribution in [0.1, 0.15) is 59.4 Å². The molecule has 0 aliphatic heterocycles. The first kappa shape index (κ1) is 60.1. The van der Waals surface area contributed by atoms with Crippen molar-refractivity contribution in [2.24, 2.45) is 0 Å². The predicted molar refractivity (Wildman–Crippen MR) is 279 cm³/mol. The molecule has 4 aromatic carbocycles. The number of amides is 3. The zero-order chi connectivity index (χ0) is 56.1. The van der Waals surface area contributed by atoms with Crippen molar-refractivity contribution in [1.29, 1.82) is 0 Å². The SMILES string of the molecule is CCCC(NC(=O)C(Cc1cn(C(=O)OCc2ccccc2)cn1)NCB=O)C(O)C(=O)NCC(=O)N[C@H](C(=O)OCc1ccccc1)c1ccccc1.O=BCNC(Cc1cn(C(=O)OCc2ccccc2)cn1)C(=O)O. The fraction of sp³-hybridized carbons (Fsp3) is 0.302. The van der Waals surface area contributed by atoms with Crippen molar-refractivity contribution in [2.45, 2.75) is 82.7 Å². The van der Waals surface area contributed by atoms with Crippen LogP contribution in [0.2, 0.25) is 0 Å². The average molecular weight is 1070 g/mol. The van der Waals surface area contributed by atoms with Crippen LogP contribution >= 0.6 is 0 Å². The van der Waals surface area contributed by atoms with Gasteiger partial charge in [0.05, 0.1) is 0 Å². The zero-order valence-electron chi connectivity index (χ0n) is 42.6. The number of hydrogen-bond donors (Lipinski definition) is 7. The van der Waals surface area contributed by atoms with Crippen molar-refractivity contribution in [2.75, 3.05) is 19.4 Å². The molecule has 2 heterocycles. The summed E-state index contributed by atoms with van der Waals surface area (Å²) in [5, 5.41) is 33.0. The number of carboxylic acid groups (broad SMARTS) is 1. The van der Waals surface area contributed by atoms with Gasteiger partial charge >= 0.3 is 321 Å². The van der Waals surface area contributed by atoms with Crippen molar-refractivity contribution in [3.63, 3.8) is 0 Å². The number of nitrogens with zero attached hydrogens (tertiary/aromatic N) is 4. The van der Waals surface area contributed by atoms with Gasteiger partial charge in [0.1, 0.15) is 6.61 Å². The Kier molecular flexibility index (Phi) is 25.1. The van der Waals surface area contributed by atoms with E-state index in [1.54, 1.807) is 49.4 Å². The molecule has 0 saturated carbocycles. The van der Waals surface area contributed by atoms with Crippen molar-refractivity contribution in [1.82, 2.24) is 45.7 Å². The third-order valence-electron chi connectivity index (χ3n) is 11.3. The van der Waals surface area contributed by atoms with Crippen molar-refractivity contribution >= 4 is 56.1 Å². The molecule has 6 aromatic rings. The molecule has 0 bridgehead atoms. The van der Waals surface area contributed by atoms with E-state index in [-0.39, 0.29) is 52.0 Å². The maximum absolute atomic E-state index is 13.4. The van der Waals surface area contributed by atoms with Crippen LogP contribution < -0.4 is 26.6 Å². The van der Waals surface area contributed by atoms with Crippen LogP contribution in [0.25, 0.3) is 0 Å². The Labute approximate surface area is 450 Å². The Hall–Kier alpha value is -8.80. The molecule has 7 N–H and O–H groups in total. The quantitative estimate of drug-likeness (QED) is 0.0211. The molecule has 4 unspecified atom stereocenters. The number of esters is 1. The Morgan fingerprint density at radius 2 is 1.05 bits per heavy atom. The number of ether oxygens (including phenoxy) is 3. The molecule has 0 radical (unpaired) electrons. The third-order valence-corrected chi connectivity index (χ3v) is 11.3. The third kappa shape index (κ3) is 20.4. The molecule has 6 rings (SSSR count). The summed E-state index contributed by atoms with van der Waals surface area (Å²) in [6.45, 7) is 1.38. The van der Waals surface area contributed by atoms with Gasteiger partial charge < -0.3 is 4.74 Å². The predicted octanol–water partition coefficient (Wildman–Crippen LogP) is 2.60.